The molecule has 0 aliphatic rings. The smallest absolute Gasteiger partial charge is 0.306 e. The lowest BCUT2D eigenvalue weighted by Gasteiger charge is -2.12. The molecule has 0 heterocycles. The van der Waals surface area contributed by atoms with Crippen LogP contribution < -0.4 is 0 Å². The molecule has 184 valence electrons. The van der Waals surface area contributed by atoms with Crippen molar-refractivity contribution in [3.05, 3.63) is 0 Å². The number of carboxylic acid groups (broad SMARTS) is 2. The zero-order valence-corrected chi connectivity index (χ0v) is 20.7. The molecule has 0 spiro atoms. The van der Waals surface area contributed by atoms with Crippen LogP contribution in [0.2, 0.25) is 0 Å². The number of unbranched alkanes of at least 4 members (excludes halogenated alkanes) is 15. The summed E-state index contributed by atoms with van der Waals surface area (Å²) >= 11 is 0. The third kappa shape index (κ3) is 23.4. The zero-order chi connectivity index (χ0) is 23.2. The van der Waals surface area contributed by atoms with E-state index in [2.05, 4.69) is 13.8 Å². The van der Waals surface area contributed by atoms with Crippen LogP contribution in [0.3, 0.4) is 0 Å². The first-order chi connectivity index (χ1) is 14.9. The van der Waals surface area contributed by atoms with Crippen LogP contribution in [0.1, 0.15) is 149 Å². The maximum atomic E-state index is 11.4. The molecule has 0 radical (unpaired) electrons. The van der Waals surface area contributed by atoms with Crippen LogP contribution in [0, 0.1) is 11.8 Å². The van der Waals surface area contributed by atoms with E-state index < -0.39 is 11.9 Å². The molecule has 0 amide bonds. The summed E-state index contributed by atoms with van der Waals surface area (Å²) in [4.78, 5) is 21.9. The number of hydrogen-bond donors (Lipinski definition) is 2. The molecule has 0 rings (SSSR count). The Bertz CT molecular complexity index is 419. The second kappa shape index (κ2) is 22.1. The summed E-state index contributed by atoms with van der Waals surface area (Å²) in [6, 6.07) is 0. The van der Waals surface area contributed by atoms with Gasteiger partial charge >= 0.3 is 11.9 Å². The van der Waals surface area contributed by atoms with Gasteiger partial charge in [0, 0.05) is 6.42 Å². The van der Waals surface area contributed by atoms with Gasteiger partial charge in [-0.05, 0) is 25.2 Å². The monoisotopic (exact) mass is 440 g/mol. The highest BCUT2D eigenvalue weighted by atomic mass is 16.4. The van der Waals surface area contributed by atoms with Crippen LogP contribution in [0.4, 0.5) is 0 Å². The Labute approximate surface area is 192 Å². The molecule has 31 heavy (non-hydrogen) atoms. The van der Waals surface area contributed by atoms with Crippen molar-refractivity contribution in [2.45, 2.75) is 149 Å². The highest BCUT2D eigenvalue weighted by Crippen LogP contribution is 2.20. The lowest BCUT2D eigenvalue weighted by Crippen LogP contribution is -2.13. The first-order valence-corrected chi connectivity index (χ1v) is 13.4. The van der Waals surface area contributed by atoms with Crippen LogP contribution in [0.25, 0.3) is 0 Å². The number of hydrogen-bond acceptors (Lipinski definition) is 2. The third-order valence-corrected chi connectivity index (χ3v) is 6.38. The van der Waals surface area contributed by atoms with E-state index in [1.807, 2.05) is 0 Å². The van der Waals surface area contributed by atoms with Crippen LogP contribution in [-0.2, 0) is 9.59 Å². The van der Waals surface area contributed by atoms with Crippen LogP contribution >= 0.6 is 0 Å². The minimum Gasteiger partial charge on any atom is -0.481 e. The molecule has 1 unspecified atom stereocenters. The van der Waals surface area contributed by atoms with E-state index in [1.54, 1.807) is 0 Å². The predicted octanol–water partition coefficient (Wildman–Crippen LogP) is 8.62. The first-order valence-electron chi connectivity index (χ1n) is 13.4. The number of carboxylic acids is 2. The van der Waals surface area contributed by atoms with Crippen LogP contribution in [0.5, 0.6) is 0 Å². The minimum absolute atomic E-state index is 0.218. The minimum atomic E-state index is -0.744. The Hall–Kier alpha value is -1.06. The van der Waals surface area contributed by atoms with Crippen molar-refractivity contribution in [2.75, 3.05) is 0 Å². The Morgan fingerprint density at radius 1 is 0.516 bits per heavy atom. The molecule has 1 atom stereocenters. The van der Waals surface area contributed by atoms with Crippen molar-refractivity contribution in [2.24, 2.45) is 11.8 Å². The molecule has 4 heteroatoms. The normalized spacial score (nSPS) is 12.4. The highest BCUT2D eigenvalue weighted by Gasteiger charge is 2.16. The molecule has 0 aromatic carbocycles. The van der Waals surface area contributed by atoms with Crippen LogP contribution in [0.15, 0.2) is 0 Å². The molecule has 4 nitrogen and oxygen atoms in total. The van der Waals surface area contributed by atoms with Gasteiger partial charge in [-0.2, -0.15) is 0 Å². The molecule has 0 aliphatic heterocycles. The zero-order valence-electron chi connectivity index (χ0n) is 20.7. The molecule has 0 aromatic heterocycles. The summed E-state index contributed by atoms with van der Waals surface area (Å²) in [5.41, 5.74) is 0. The fourth-order valence-corrected chi connectivity index (χ4v) is 4.30. The van der Waals surface area contributed by atoms with Gasteiger partial charge in [-0.3, -0.25) is 9.59 Å². The SMILES string of the molecule is CC(C)CCCCCCCCCCCCCCCC(CCCCCCC(=O)O)C(=O)O. The predicted molar refractivity (Wildman–Crippen MR) is 131 cm³/mol. The number of aliphatic carboxylic acids is 2. The summed E-state index contributed by atoms with van der Waals surface area (Å²) < 4.78 is 0. The summed E-state index contributed by atoms with van der Waals surface area (Å²) in [7, 11) is 0. The van der Waals surface area contributed by atoms with Crippen LogP contribution in [-0.4, -0.2) is 22.2 Å². The van der Waals surface area contributed by atoms with Gasteiger partial charge in [-0.15, -0.1) is 0 Å². The Balaban J connectivity index is 3.40. The van der Waals surface area contributed by atoms with Gasteiger partial charge in [-0.25, -0.2) is 0 Å². The van der Waals surface area contributed by atoms with Crippen molar-refractivity contribution in [3.63, 3.8) is 0 Å². The van der Waals surface area contributed by atoms with Gasteiger partial charge in [0.25, 0.3) is 0 Å². The third-order valence-electron chi connectivity index (χ3n) is 6.38. The summed E-state index contributed by atoms with van der Waals surface area (Å²) in [5, 5.41) is 18.0. The quantitative estimate of drug-likeness (QED) is 0.147. The van der Waals surface area contributed by atoms with E-state index in [4.69, 9.17) is 5.11 Å². The molecule has 0 aromatic rings. The van der Waals surface area contributed by atoms with E-state index in [9.17, 15) is 14.7 Å². The topological polar surface area (TPSA) is 74.6 Å². The maximum Gasteiger partial charge on any atom is 0.306 e. The largest absolute Gasteiger partial charge is 0.481 e. The Morgan fingerprint density at radius 2 is 0.839 bits per heavy atom. The first kappa shape index (κ1) is 29.9. The molecule has 0 saturated carbocycles. The number of rotatable bonds is 24. The second-order valence-electron chi connectivity index (χ2n) is 9.95. The summed E-state index contributed by atoms with van der Waals surface area (Å²) in [6.07, 6.45) is 23.7. The van der Waals surface area contributed by atoms with Gasteiger partial charge in [0.2, 0.25) is 0 Å². The molecular formula is C27H52O4. The average molecular weight is 441 g/mol. The van der Waals surface area contributed by atoms with E-state index >= 15 is 0 Å². The molecular weight excluding hydrogens is 388 g/mol. The molecule has 0 aliphatic carbocycles. The van der Waals surface area contributed by atoms with E-state index in [0.29, 0.717) is 6.42 Å². The lowest BCUT2D eigenvalue weighted by atomic mass is 9.94. The van der Waals surface area contributed by atoms with Crippen molar-refractivity contribution in [3.8, 4) is 0 Å². The highest BCUT2D eigenvalue weighted by molar-refractivity contribution is 5.69. The fraction of sp³-hybridized carbons (Fsp3) is 0.926. The van der Waals surface area contributed by atoms with Gasteiger partial charge in [0.15, 0.2) is 0 Å². The van der Waals surface area contributed by atoms with Crippen molar-refractivity contribution < 1.29 is 19.8 Å². The molecule has 0 saturated heterocycles. The van der Waals surface area contributed by atoms with E-state index in [1.165, 1.54) is 77.0 Å². The molecule has 2 N–H and O–H groups in total. The van der Waals surface area contributed by atoms with E-state index in [-0.39, 0.29) is 12.3 Å². The van der Waals surface area contributed by atoms with Crippen molar-refractivity contribution in [1.82, 2.24) is 0 Å². The fourth-order valence-electron chi connectivity index (χ4n) is 4.30. The van der Waals surface area contributed by atoms with E-state index in [0.717, 1.165) is 50.9 Å². The summed E-state index contributed by atoms with van der Waals surface area (Å²) in [5.74, 6) is -0.770. The van der Waals surface area contributed by atoms with Crippen molar-refractivity contribution in [1.29, 1.82) is 0 Å². The van der Waals surface area contributed by atoms with Gasteiger partial charge in [-0.1, -0.05) is 123 Å². The lowest BCUT2D eigenvalue weighted by molar-refractivity contribution is -0.142. The van der Waals surface area contributed by atoms with Crippen molar-refractivity contribution >= 4 is 11.9 Å². The van der Waals surface area contributed by atoms with Gasteiger partial charge < -0.3 is 10.2 Å². The van der Waals surface area contributed by atoms with Gasteiger partial charge in [0.1, 0.15) is 0 Å². The molecule has 0 bridgehead atoms. The standard InChI is InChI=1S/C27H52O4/c1-24(2)20-16-12-10-8-6-4-3-5-7-9-11-13-17-21-25(27(30)31)22-18-14-15-19-23-26(28)29/h24-25H,3-23H2,1-2H3,(H,28,29)(H,30,31). The summed E-state index contributed by atoms with van der Waals surface area (Å²) in [6.45, 7) is 4.62. The number of carbonyl (C=O) groups is 2. The second-order valence-corrected chi connectivity index (χ2v) is 9.95. The average Bonchev–Trinajstić information content (AvgIpc) is 2.71. The van der Waals surface area contributed by atoms with Gasteiger partial charge in [0.05, 0.1) is 5.92 Å². The maximum absolute atomic E-state index is 11.4. The Morgan fingerprint density at radius 3 is 1.16 bits per heavy atom. The molecule has 0 fully saturated rings. The Kier molecular flexibility index (Phi) is 21.4.